The van der Waals surface area contributed by atoms with E-state index >= 15 is 0 Å². The molecule has 0 aromatic heterocycles. The first-order chi connectivity index (χ1) is 11.9. The minimum Gasteiger partial charge on any atom is -0.496 e. The van der Waals surface area contributed by atoms with E-state index in [-0.39, 0.29) is 5.91 Å². The van der Waals surface area contributed by atoms with Crippen LogP contribution in [-0.2, 0) is 21.4 Å². The van der Waals surface area contributed by atoms with Crippen LogP contribution in [0.1, 0.15) is 18.4 Å². The fourth-order valence-corrected chi connectivity index (χ4v) is 4.05. The number of carbonyl (C=O) groups is 1. The number of methoxy groups -OCH3 is 1. The topological polar surface area (TPSA) is 70.2 Å². The Labute approximate surface area is 150 Å². The number of amides is 1. The number of carbonyl (C=O) groups excluding carboxylic acids is 1. The minimum atomic E-state index is -3.42. The maximum absolute atomic E-state index is 12.5. The van der Waals surface area contributed by atoms with Crippen LogP contribution in [-0.4, -0.2) is 75.2 Å². The van der Waals surface area contributed by atoms with E-state index in [1.165, 1.54) is 22.7 Å². The van der Waals surface area contributed by atoms with Crippen molar-refractivity contribution in [3.8, 4) is 5.75 Å². The molecule has 1 aliphatic rings. The van der Waals surface area contributed by atoms with Crippen molar-refractivity contribution in [2.24, 2.45) is 0 Å². The molecule has 0 spiro atoms. The molecule has 0 aliphatic carbocycles. The van der Waals surface area contributed by atoms with Crippen LogP contribution in [0, 0.1) is 0 Å². The van der Waals surface area contributed by atoms with Gasteiger partial charge in [0.2, 0.25) is 5.91 Å². The van der Waals surface area contributed by atoms with Gasteiger partial charge in [-0.1, -0.05) is 18.2 Å². The first-order valence-corrected chi connectivity index (χ1v) is 9.83. The minimum absolute atomic E-state index is 0.0509. The standard InChI is InChI=1S/C17H27N3O4S/c1-18(2)25(22,23)20-12-6-11-19(13-14-20)17(21)10-9-15-7-4-5-8-16(15)24-3/h4-5,7-8H,6,9-14H2,1-3H3. The van der Waals surface area contributed by atoms with Gasteiger partial charge in [0, 0.05) is 46.7 Å². The quantitative estimate of drug-likeness (QED) is 0.749. The highest BCUT2D eigenvalue weighted by Gasteiger charge is 2.28. The number of aryl methyl sites for hydroxylation is 1. The van der Waals surface area contributed by atoms with Crippen LogP contribution in [0.15, 0.2) is 24.3 Å². The average molecular weight is 369 g/mol. The normalized spacial score (nSPS) is 16.7. The van der Waals surface area contributed by atoms with Crippen LogP contribution < -0.4 is 4.74 Å². The van der Waals surface area contributed by atoms with Gasteiger partial charge in [-0.05, 0) is 24.5 Å². The van der Waals surface area contributed by atoms with E-state index in [0.717, 1.165) is 11.3 Å². The summed E-state index contributed by atoms with van der Waals surface area (Å²) in [7, 11) is 1.24. The average Bonchev–Trinajstić information content (AvgIpc) is 2.86. The summed E-state index contributed by atoms with van der Waals surface area (Å²) in [6.45, 7) is 1.79. The summed E-state index contributed by atoms with van der Waals surface area (Å²) >= 11 is 0. The van der Waals surface area contributed by atoms with Gasteiger partial charge in [0.05, 0.1) is 7.11 Å². The van der Waals surface area contributed by atoms with Gasteiger partial charge in [-0.3, -0.25) is 4.79 Å². The Balaban J connectivity index is 1.93. The first-order valence-electron chi connectivity index (χ1n) is 8.43. The summed E-state index contributed by atoms with van der Waals surface area (Å²) in [4.78, 5) is 14.3. The molecule has 0 saturated carbocycles. The van der Waals surface area contributed by atoms with Crippen molar-refractivity contribution >= 4 is 16.1 Å². The van der Waals surface area contributed by atoms with E-state index in [1.54, 1.807) is 12.0 Å². The van der Waals surface area contributed by atoms with E-state index in [9.17, 15) is 13.2 Å². The zero-order valence-corrected chi connectivity index (χ0v) is 16.0. The predicted octanol–water partition coefficient (Wildman–Crippen LogP) is 0.969. The van der Waals surface area contributed by atoms with Gasteiger partial charge < -0.3 is 9.64 Å². The summed E-state index contributed by atoms with van der Waals surface area (Å²) in [6.07, 6.45) is 1.65. The summed E-state index contributed by atoms with van der Waals surface area (Å²) in [6, 6.07) is 7.67. The molecule has 25 heavy (non-hydrogen) atoms. The van der Waals surface area contributed by atoms with Crippen LogP contribution >= 0.6 is 0 Å². The van der Waals surface area contributed by atoms with Gasteiger partial charge in [0.15, 0.2) is 0 Å². The lowest BCUT2D eigenvalue weighted by Gasteiger charge is -2.24. The van der Waals surface area contributed by atoms with E-state index in [0.29, 0.717) is 45.4 Å². The van der Waals surface area contributed by atoms with E-state index in [4.69, 9.17) is 4.74 Å². The summed E-state index contributed by atoms with van der Waals surface area (Å²) < 4.78 is 32.4. The molecule has 0 bridgehead atoms. The molecule has 1 aromatic rings. The van der Waals surface area contributed by atoms with Crippen LogP contribution in [0.2, 0.25) is 0 Å². The van der Waals surface area contributed by atoms with Crippen molar-refractivity contribution in [2.75, 3.05) is 47.4 Å². The molecule has 0 N–H and O–H groups in total. The Bertz CT molecular complexity index is 691. The maximum Gasteiger partial charge on any atom is 0.281 e. The van der Waals surface area contributed by atoms with Crippen molar-refractivity contribution in [3.05, 3.63) is 29.8 Å². The second-order valence-electron chi connectivity index (χ2n) is 6.24. The molecule has 1 aromatic carbocycles. The molecule has 7 nitrogen and oxygen atoms in total. The van der Waals surface area contributed by atoms with Crippen LogP contribution in [0.3, 0.4) is 0 Å². The molecular formula is C17H27N3O4S. The molecule has 1 aliphatic heterocycles. The first kappa shape index (κ1) is 19.7. The summed E-state index contributed by atoms with van der Waals surface area (Å²) in [5.74, 6) is 0.837. The highest BCUT2D eigenvalue weighted by atomic mass is 32.2. The molecule has 2 rings (SSSR count). The molecule has 8 heteroatoms. The Hall–Kier alpha value is -1.64. The molecule has 0 unspecified atom stereocenters. The smallest absolute Gasteiger partial charge is 0.281 e. The lowest BCUT2D eigenvalue weighted by atomic mass is 10.1. The number of nitrogens with zero attached hydrogens (tertiary/aromatic N) is 3. The Morgan fingerprint density at radius 1 is 1.16 bits per heavy atom. The van der Waals surface area contributed by atoms with Crippen molar-refractivity contribution < 1.29 is 17.9 Å². The Morgan fingerprint density at radius 2 is 1.88 bits per heavy atom. The van der Waals surface area contributed by atoms with Gasteiger partial charge in [0.25, 0.3) is 10.2 Å². The molecule has 0 atom stereocenters. The maximum atomic E-state index is 12.5. The lowest BCUT2D eigenvalue weighted by molar-refractivity contribution is -0.131. The molecule has 1 heterocycles. The molecule has 1 fully saturated rings. The zero-order valence-electron chi connectivity index (χ0n) is 15.1. The predicted molar refractivity (Wildman–Crippen MR) is 96.7 cm³/mol. The van der Waals surface area contributed by atoms with Crippen molar-refractivity contribution in [3.63, 3.8) is 0 Å². The SMILES string of the molecule is COc1ccccc1CCC(=O)N1CCCN(S(=O)(=O)N(C)C)CC1. The highest BCUT2D eigenvalue weighted by Crippen LogP contribution is 2.19. The van der Waals surface area contributed by atoms with Gasteiger partial charge in [0.1, 0.15) is 5.75 Å². The third kappa shape index (κ3) is 4.93. The zero-order chi connectivity index (χ0) is 18.4. The van der Waals surface area contributed by atoms with E-state index in [1.807, 2.05) is 24.3 Å². The fraction of sp³-hybridized carbons (Fsp3) is 0.588. The van der Waals surface area contributed by atoms with Crippen molar-refractivity contribution in [2.45, 2.75) is 19.3 Å². The summed E-state index contributed by atoms with van der Waals surface area (Å²) in [5, 5.41) is 0. The second-order valence-corrected chi connectivity index (χ2v) is 8.38. The third-order valence-electron chi connectivity index (χ3n) is 4.40. The molecule has 1 amide bonds. The van der Waals surface area contributed by atoms with E-state index in [2.05, 4.69) is 0 Å². The number of ether oxygens (including phenoxy) is 1. The van der Waals surface area contributed by atoms with Crippen molar-refractivity contribution in [1.29, 1.82) is 0 Å². The lowest BCUT2D eigenvalue weighted by Crippen LogP contribution is -2.42. The van der Waals surface area contributed by atoms with Crippen molar-refractivity contribution in [1.82, 2.24) is 13.5 Å². The second kappa shape index (κ2) is 8.64. The van der Waals surface area contributed by atoms with Crippen LogP contribution in [0.5, 0.6) is 5.75 Å². The van der Waals surface area contributed by atoms with Crippen LogP contribution in [0.25, 0.3) is 0 Å². The van der Waals surface area contributed by atoms with Gasteiger partial charge in [-0.2, -0.15) is 17.0 Å². The Morgan fingerprint density at radius 3 is 2.56 bits per heavy atom. The molecule has 0 radical (unpaired) electrons. The number of benzene rings is 1. The number of rotatable bonds is 6. The van der Waals surface area contributed by atoms with Gasteiger partial charge in [-0.15, -0.1) is 0 Å². The molecule has 140 valence electrons. The Kier molecular flexibility index (Phi) is 6.80. The van der Waals surface area contributed by atoms with Crippen LogP contribution in [0.4, 0.5) is 0 Å². The van der Waals surface area contributed by atoms with Gasteiger partial charge in [-0.25, -0.2) is 0 Å². The van der Waals surface area contributed by atoms with Gasteiger partial charge >= 0.3 is 0 Å². The molecule has 1 saturated heterocycles. The number of hydrogen-bond donors (Lipinski definition) is 0. The molecular weight excluding hydrogens is 342 g/mol. The fourth-order valence-electron chi connectivity index (χ4n) is 2.91. The third-order valence-corrected chi connectivity index (χ3v) is 6.34. The number of para-hydroxylation sites is 1. The largest absolute Gasteiger partial charge is 0.496 e. The highest BCUT2D eigenvalue weighted by molar-refractivity contribution is 7.86. The number of hydrogen-bond acceptors (Lipinski definition) is 4. The van der Waals surface area contributed by atoms with E-state index < -0.39 is 10.2 Å². The summed E-state index contributed by atoms with van der Waals surface area (Å²) in [5.41, 5.74) is 1.00. The monoisotopic (exact) mass is 369 g/mol.